The van der Waals surface area contributed by atoms with Gasteiger partial charge in [-0.25, -0.2) is 4.79 Å². The number of nitrogens with two attached hydrogens (primary N) is 1. The summed E-state index contributed by atoms with van der Waals surface area (Å²) in [4.78, 5) is 22.5. The van der Waals surface area contributed by atoms with Crippen LogP contribution in [0.1, 0.15) is 38.2 Å². The first kappa shape index (κ1) is 18.0. The summed E-state index contributed by atoms with van der Waals surface area (Å²) in [7, 11) is 0. The van der Waals surface area contributed by atoms with E-state index in [-0.39, 0.29) is 11.9 Å². The molecule has 0 saturated carbocycles. The Hall–Kier alpha value is -2.08. The highest BCUT2D eigenvalue weighted by Gasteiger charge is 2.01. The van der Waals surface area contributed by atoms with Crippen molar-refractivity contribution in [3.63, 3.8) is 0 Å². The summed E-state index contributed by atoms with van der Waals surface area (Å²) in [5, 5.41) is 8.33. The number of hydrogen-bond acceptors (Lipinski definition) is 3. The molecule has 0 radical (unpaired) electrons. The van der Waals surface area contributed by atoms with Crippen LogP contribution in [0.5, 0.6) is 0 Å². The molecule has 0 aliphatic carbocycles. The van der Waals surface area contributed by atoms with Gasteiger partial charge in [-0.2, -0.15) is 0 Å². The van der Waals surface area contributed by atoms with Crippen LogP contribution in [-0.4, -0.2) is 25.0 Å². The number of urea groups is 1. The summed E-state index contributed by atoms with van der Waals surface area (Å²) in [6, 6.07) is 7.18. The number of carbonyl (C=O) groups excluding carboxylic acids is 2. The van der Waals surface area contributed by atoms with Gasteiger partial charge < -0.3 is 21.7 Å². The fraction of sp³-hybridized carbons (Fsp3) is 0.500. The van der Waals surface area contributed by atoms with Crippen molar-refractivity contribution in [2.45, 2.75) is 39.2 Å². The zero-order valence-electron chi connectivity index (χ0n) is 13.2. The van der Waals surface area contributed by atoms with Crippen LogP contribution in [0, 0.1) is 0 Å². The molecule has 1 aromatic carbocycles. The zero-order chi connectivity index (χ0) is 16.2. The molecule has 0 spiro atoms. The molecule has 1 aromatic rings. The number of unbranched alkanes of at least 4 members (excludes halogenated alkanes) is 3. The van der Waals surface area contributed by atoms with E-state index in [4.69, 9.17) is 5.73 Å². The first-order valence-corrected chi connectivity index (χ1v) is 7.70. The Morgan fingerprint density at radius 2 is 1.68 bits per heavy atom. The van der Waals surface area contributed by atoms with E-state index in [0.717, 1.165) is 43.5 Å². The molecule has 6 heteroatoms. The first-order valence-electron chi connectivity index (χ1n) is 7.70. The molecule has 0 atom stereocenters. The Morgan fingerprint density at radius 3 is 2.32 bits per heavy atom. The van der Waals surface area contributed by atoms with E-state index < -0.39 is 0 Å². The number of rotatable bonds is 9. The summed E-state index contributed by atoms with van der Waals surface area (Å²) < 4.78 is 0. The molecule has 0 aliphatic heterocycles. The molecule has 0 fully saturated rings. The van der Waals surface area contributed by atoms with Gasteiger partial charge in [0.1, 0.15) is 0 Å². The minimum Gasteiger partial charge on any atom is -0.352 e. The van der Waals surface area contributed by atoms with Crippen LogP contribution in [0.4, 0.5) is 10.5 Å². The quantitative estimate of drug-likeness (QED) is 0.525. The van der Waals surface area contributed by atoms with Crippen molar-refractivity contribution < 1.29 is 9.59 Å². The highest BCUT2D eigenvalue weighted by Crippen LogP contribution is 2.09. The SMILES string of the molecule is CC(=O)NCc1ccc(NC(=O)NCCCCCCN)cc1. The Bertz CT molecular complexity index is 460. The van der Waals surface area contributed by atoms with Crippen molar-refractivity contribution in [3.05, 3.63) is 29.8 Å². The van der Waals surface area contributed by atoms with Gasteiger partial charge in [-0.05, 0) is 37.1 Å². The lowest BCUT2D eigenvalue weighted by atomic mass is 10.2. The van der Waals surface area contributed by atoms with E-state index in [9.17, 15) is 9.59 Å². The molecule has 1 rings (SSSR count). The molecule has 0 bridgehead atoms. The van der Waals surface area contributed by atoms with E-state index in [1.165, 1.54) is 6.92 Å². The smallest absolute Gasteiger partial charge is 0.319 e. The molecule has 122 valence electrons. The number of hydrogen-bond donors (Lipinski definition) is 4. The van der Waals surface area contributed by atoms with Crippen LogP contribution >= 0.6 is 0 Å². The van der Waals surface area contributed by atoms with E-state index in [2.05, 4.69) is 16.0 Å². The van der Waals surface area contributed by atoms with Gasteiger partial charge >= 0.3 is 6.03 Å². The Kier molecular flexibility index (Phi) is 8.67. The molecule has 0 saturated heterocycles. The Morgan fingerprint density at radius 1 is 1.00 bits per heavy atom. The number of carbonyl (C=O) groups is 2. The van der Waals surface area contributed by atoms with Gasteiger partial charge in [0.2, 0.25) is 5.91 Å². The van der Waals surface area contributed by atoms with Gasteiger partial charge in [0.05, 0.1) is 0 Å². The summed E-state index contributed by atoms with van der Waals surface area (Å²) in [5.41, 5.74) is 7.14. The standard InChI is InChI=1S/C16H26N4O2/c1-13(21)19-12-14-6-8-15(9-7-14)20-16(22)18-11-5-3-2-4-10-17/h6-9H,2-5,10-12,17H2,1H3,(H,19,21)(H2,18,20,22). The van der Waals surface area contributed by atoms with Crippen LogP contribution in [-0.2, 0) is 11.3 Å². The predicted octanol–water partition coefficient (Wildman–Crippen LogP) is 1.96. The second kappa shape index (κ2) is 10.6. The molecule has 22 heavy (non-hydrogen) atoms. The third kappa shape index (κ3) is 8.26. The monoisotopic (exact) mass is 306 g/mol. The Labute approximate surface area is 131 Å². The van der Waals surface area contributed by atoms with Crippen molar-refractivity contribution in [2.24, 2.45) is 5.73 Å². The summed E-state index contributed by atoms with van der Waals surface area (Å²) in [5.74, 6) is -0.0620. The average molecular weight is 306 g/mol. The zero-order valence-corrected chi connectivity index (χ0v) is 13.2. The van der Waals surface area contributed by atoms with Gasteiger partial charge in [-0.15, -0.1) is 0 Å². The molecule has 0 aromatic heterocycles. The lowest BCUT2D eigenvalue weighted by molar-refractivity contribution is -0.119. The topological polar surface area (TPSA) is 96.2 Å². The normalized spacial score (nSPS) is 10.1. The van der Waals surface area contributed by atoms with Crippen LogP contribution in [0.25, 0.3) is 0 Å². The molecular weight excluding hydrogens is 280 g/mol. The molecule has 3 amide bonds. The van der Waals surface area contributed by atoms with Gasteiger partial charge in [0.15, 0.2) is 0 Å². The lowest BCUT2D eigenvalue weighted by Crippen LogP contribution is -2.29. The van der Waals surface area contributed by atoms with Crippen molar-refractivity contribution in [1.82, 2.24) is 10.6 Å². The van der Waals surface area contributed by atoms with Crippen LogP contribution in [0.15, 0.2) is 24.3 Å². The number of benzene rings is 1. The molecule has 6 nitrogen and oxygen atoms in total. The number of nitrogens with one attached hydrogen (secondary N) is 3. The van der Waals surface area contributed by atoms with Crippen molar-refractivity contribution in [2.75, 3.05) is 18.4 Å². The maximum atomic E-state index is 11.7. The van der Waals surface area contributed by atoms with Gasteiger partial charge in [-0.3, -0.25) is 4.79 Å². The molecule has 5 N–H and O–H groups in total. The number of amides is 3. The summed E-state index contributed by atoms with van der Waals surface area (Å²) in [6.45, 7) is 3.36. The fourth-order valence-corrected chi connectivity index (χ4v) is 1.93. The maximum absolute atomic E-state index is 11.7. The third-order valence-electron chi connectivity index (χ3n) is 3.17. The highest BCUT2D eigenvalue weighted by molar-refractivity contribution is 5.89. The summed E-state index contributed by atoms with van der Waals surface area (Å²) >= 11 is 0. The summed E-state index contributed by atoms with van der Waals surface area (Å²) in [6.07, 6.45) is 4.19. The first-order chi connectivity index (χ1) is 10.6. The molecule has 0 aliphatic rings. The maximum Gasteiger partial charge on any atom is 0.319 e. The second-order valence-corrected chi connectivity index (χ2v) is 5.19. The minimum absolute atomic E-state index is 0.0620. The number of anilines is 1. The average Bonchev–Trinajstić information content (AvgIpc) is 2.50. The van der Waals surface area contributed by atoms with Crippen molar-refractivity contribution in [3.8, 4) is 0 Å². The molecule has 0 heterocycles. The second-order valence-electron chi connectivity index (χ2n) is 5.19. The molecule has 0 unspecified atom stereocenters. The molecular formula is C16H26N4O2. The van der Waals surface area contributed by atoms with Crippen molar-refractivity contribution in [1.29, 1.82) is 0 Å². The van der Waals surface area contributed by atoms with Gasteiger partial charge in [0, 0.05) is 25.7 Å². The van der Waals surface area contributed by atoms with Crippen LogP contribution in [0.3, 0.4) is 0 Å². The fourth-order valence-electron chi connectivity index (χ4n) is 1.93. The Balaban J connectivity index is 2.22. The van der Waals surface area contributed by atoms with E-state index >= 15 is 0 Å². The van der Waals surface area contributed by atoms with E-state index in [0.29, 0.717) is 13.1 Å². The predicted molar refractivity (Wildman–Crippen MR) is 88.5 cm³/mol. The highest BCUT2D eigenvalue weighted by atomic mass is 16.2. The van der Waals surface area contributed by atoms with Crippen molar-refractivity contribution >= 4 is 17.6 Å². The van der Waals surface area contributed by atoms with Gasteiger partial charge in [0.25, 0.3) is 0 Å². The third-order valence-corrected chi connectivity index (χ3v) is 3.17. The van der Waals surface area contributed by atoms with Gasteiger partial charge in [-0.1, -0.05) is 25.0 Å². The lowest BCUT2D eigenvalue weighted by Gasteiger charge is -2.08. The van der Waals surface area contributed by atoms with E-state index in [1.807, 2.05) is 24.3 Å². The van der Waals surface area contributed by atoms with E-state index in [1.54, 1.807) is 0 Å². The minimum atomic E-state index is -0.201. The van der Waals surface area contributed by atoms with Crippen LogP contribution < -0.4 is 21.7 Å². The van der Waals surface area contributed by atoms with Crippen LogP contribution in [0.2, 0.25) is 0 Å². The largest absolute Gasteiger partial charge is 0.352 e.